The molecule has 0 saturated heterocycles. The van der Waals surface area contributed by atoms with Gasteiger partial charge >= 0.3 is 0 Å². The van der Waals surface area contributed by atoms with Crippen molar-refractivity contribution in [3.05, 3.63) is 106 Å². The second-order valence-electron chi connectivity index (χ2n) is 7.40. The van der Waals surface area contributed by atoms with Gasteiger partial charge in [0.2, 0.25) is 0 Å². The van der Waals surface area contributed by atoms with Crippen molar-refractivity contribution < 1.29 is 9.13 Å². The van der Waals surface area contributed by atoms with Gasteiger partial charge in [-0.3, -0.25) is 9.78 Å². The molecule has 0 radical (unpaired) electrons. The molecule has 2 heterocycles. The van der Waals surface area contributed by atoms with Crippen LogP contribution in [0.2, 0.25) is 0 Å². The molecule has 0 bridgehead atoms. The normalized spacial score (nSPS) is 11.0. The highest BCUT2D eigenvalue weighted by Crippen LogP contribution is 2.17. The van der Waals surface area contributed by atoms with Gasteiger partial charge in [-0.1, -0.05) is 12.1 Å². The number of nitrogens with zero attached hydrogens (tertiary/aromatic N) is 2. The zero-order valence-corrected chi connectivity index (χ0v) is 17.3. The summed E-state index contributed by atoms with van der Waals surface area (Å²) in [7, 11) is 1.65. The number of pyridine rings is 2. The number of ether oxygens (including phenoxy) is 1. The number of methoxy groups -OCH3 is 1. The third kappa shape index (κ3) is 4.98. The summed E-state index contributed by atoms with van der Waals surface area (Å²) < 4.78 is 20.8. The Labute approximate surface area is 180 Å². The lowest BCUT2D eigenvalue weighted by Gasteiger charge is -2.14. The summed E-state index contributed by atoms with van der Waals surface area (Å²) in [6, 6.07) is 18.1. The maximum Gasteiger partial charge on any atom is 0.255 e. The van der Waals surface area contributed by atoms with Gasteiger partial charge < -0.3 is 14.6 Å². The summed E-state index contributed by atoms with van der Waals surface area (Å²) >= 11 is 0. The van der Waals surface area contributed by atoms with Crippen LogP contribution >= 0.6 is 0 Å². The molecule has 0 saturated carbocycles. The summed E-state index contributed by atoms with van der Waals surface area (Å²) in [6.45, 7) is 1.52. The van der Waals surface area contributed by atoms with Gasteiger partial charge in [-0.15, -0.1) is 0 Å². The predicted octanol–water partition coefficient (Wildman–Crippen LogP) is 3.92. The molecule has 0 aliphatic heterocycles. The van der Waals surface area contributed by atoms with Crippen LogP contribution in [0.1, 0.15) is 16.7 Å². The summed E-state index contributed by atoms with van der Waals surface area (Å²) in [5.41, 5.74) is 3.21. The molecule has 0 unspecified atom stereocenters. The van der Waals surface area contributed by atoms with Gasteiger partial charge in [0.25, 0.3) is 5.56 Å². The number of rotatable bonds is 8. The van der Waals surface area contributed by atoms with E-state index in [1.165, 1.54) is 12.1 Å². The molecule has 0 fully saturated rings. The van der Waals surface area contributed by atoms with E-state index in [-0.39, 0.29) is 11.4 Å². The topological polar surface area (TPSA) is 56.1 Å². The van der Waals surface area contributed by atoms with E-state index in [1.807, 2.05) is 36.4 Å². The van der Waals surface area contributed by atoms with Crippen LogP contribution in [0, 0.1) is 5.82 Å². The van der Waals surface area contributed by atoms with E-state index in [9.17, 15) is 9.18 Å². The van der Waals surface area contributed by atoms with Gasteiger partial charge in [-0.2, -0.15) is 0 Å². The lowest BCUT2D eigenvalue weighted by Crippen LogP contribution is -2.28. The minimum absolute atomic E-state index is 0.121. The maximum absolute atomic E-state index is 13.9. The zero-order chi connectivity index (χ0) is 21.6. The third-order valence-corrected chi connectivity index (χ3v) is 5.26. The Balaban J connectivity index is 1.55. The van der Waals surface area contributed by atoms with E-state index in [2.05, 4.69) is 16.4 Å². The van der Waals surface area contributed by atoms with E-state index in [0.717, 1.165) is 35.2 Å². The second-order valence-corrected chi connectivity index (χ2v) is 7.40. The number of halogens is 1. The van der Waals surface area contributed by atoms with E-state index < -0.39 is 0 Å². The quantitative estimate of drug-likeness (QED) is 0.442. The highest BCUT2D eigenvalue weighted by atomic mass is 19.1. The second kappa shape index (κ2) is 9.53. The fourth-order valence-electron chi connectivity index (χ4n) is 3.64. The largest absolute Gasteiger partial charge is 0.497 e. The lowest BCUT2D eigenvalue weighted by atomic mass is 10.1. The molecule has 158 valence electrons. The minimum Gasteiger partial charge on any atom is -0.497 e. The number of hydrogen-bond donors (Lipinski definition) is 1. The Kier molecular flexibility index (Phi) is 6.38. The number of hydrogen-bond acceptors (Lipinski definition) is 4. The molecule has 6 heteroatoms. The summed E-state index contributed by atoms with van der Waals surface area (Å²) in [4.78, 5) is 17.2. The lowest BCUT2D eigenvalue weighted by molar-refractivity contribution is 0.414. The van der Waals surface area contributed by atoms with Gasteiger partial charge in [0.1, 0.15) is 11.6 Å². The van der Waals surface area contributed by atoms with Gasteiger partial charge in [0, 0.05) is 24.5 Å². The number of benzene rings is 2. The summed E-state index contributed by atoms with van der Waals surface area (Å²) in [6.07, 6.45) is 4.20. The summed E-state index contributed by atoms with van der Waals surface area (Å²) in [5, 5.41) is 4.19. The van der Waals surface area contributed by atoms with Crippen molar-refractivity contribution in [1.82, 2.24) is 14.9 Å². The molecule has 1 N–H and O–H groups in total. The molecule has 31 heavy (non-hydrogen) atoms. The minimum atomic E-state index is -0.362. The molecule has 4 rings (SSSR count). The van der Waals surface area contributed by atoms with E-state index in [4.69, 9.17) is 4.74 Å². The first-order valence-corrected chi connectivity index (χ1v) is 10.2. The first-order chi connectivity index (χ1) is 15.1. The number of nitrogens with one attached hydrogen (secondary N) is 1. The average Bonchev–Trinajstić information content (AvgIpc) is 2.80. The van der Waals surface area contributed by atoms with Crippen LogP contribution < -0.4 is 15.6 Å². The van der Waals surface area contributed by atoms with Crippen molar-refractivity contribution in [3.8, 4) is 5.75 Å². The van der Waals surface area contributed by atoms with E-state index in [0.29, 0.717) is 24.2 Å². The molecule has 0 aliphatic rings. The molecule has 0 spiro atoms. The smallest absolute Gasteiger partial charge is 0.255 e. The van der Waals surface area contributed by atoms with Gasteiger partial charge in [-0.05, 0) is 78.0 Å². The molecule has 2 aromatic heterocycles. The molecule has 2 aromatic carbocycles. The average molecular weight is 417 g/mol. The van der Waals surface area contributed by atoms with Gasteiger partial charge in [0.15, 0.2) is 0 Å². The van der Waals surface area contributed by atoms with Crippen molar-refractivity contribution >= 4 is 10.9 Å². The highest BCUT2D eigenvalue weighted by molar-refractivity contribution is 5.79. The van der Waals surface area contributed by atoms with Crippen molar-refractivity contribution in [2.75, 3.05) is 13.7 Å². The molecule has 0 atom stereocenters. The molecule has 0 aliphatic carbocycles. The van der Waals surface area contributed by atoms with Crippen LogP contribution in [0.4, 0.5) is 4.39 Å². The molecule has 0 amide bonds. The Morgan fingerprint density at radius 1 is 1.03 bits per heavy atom. The third-order valence-electron chi connectivity index (χ3n) is 5.26. The van der Waals surface area contributed by atoms with Gasteiger partial charge in [0.05, 0.1) is 19.2 Å². The molecule has 4 aromatic rings. The Hall–Kier alpha value is -3.51. The first kappa shape index (κ1) is 20.8. The van der Waals surface area contributed by atoms with Crippen molar-refractivity contribution in [3.63, 3.8) is 0 Å². The van der Waals surface area contributed by atoms with Crippen LogP contribution in [0.25, 0.3) is 10.9 Å². The van der Waals surface area contributed by atoms with Crippen molar-refractivity contribution in [2.24, 2.45) is 0 Å². The van der Waals surface area contributed by atoms with E-state index >= 15 is 0 Å². The Morgan fingerprint density at radius 3 is 2.68 bits per heavy atom. The summed E-state index contributed by atoms with van der Waals surface area (Å²) in [5.74, 6) is 0.470. The van der Waals surface area contributed by atoms with Crippen molar-refractivity contribution in [2.45, 2.75) is 19.5 Å². The fourth-order valence-corrected chi connectivity index (χ4v) is 3.64. The maximum atomic E-state index is 13.9. The standard InChI is InChI=1S/C25H24FN3O2/c1-31-23-4-2-3-18(13-23)7-12-28-16-21-14-20-5-6-22(26)15-24(20)29(25(21)30)17-19-8-10-27-11-9-19/h2-6,8-11,13-15,28H,7,12,16-17H2,1H3. The van der Waals surface area contributed by atoms with Crippen LogP contribution in [-0.4, -0.2) is 23.2 Å². The zero-order valence-electron chi connectivity index (χ0n) is 17.3. The first-order valence-electron chi connectivity index (χ1n) is 10.2. The highest BCUT2D eigenvalue weighted by Gasteiger charge is 2.11. The van der Waals surface area contributed by atoms with Crippen LogP contribution in [0.5, 0.6) is 5.75 Å². The Bertz CT molecular complexity index is 1240. The molecular formula is C25H24FN3O2. The van der Waals surface area contributed by atoms with Crippen LogP contribution in [-0.2, 0) is 19.5 Å². The van der Waals surface area contributed by atoms with Crippen LogP contribution in [0.3, 0.4) is 0 Å². The van der Waals surface area contributed by atoms with Crippen molar-refractivity contribution in [1.29, 1.82) is 0 Å². The van der Waals surface area contributed by atoms with Gasteiger partial charge in [-0.25, -0.2) is 4.39 Å². The monoisotopic (exact) mass is 417 g/mol. The van der Waals surface area contributed by atoms with Crippen LogP contribution in [0.15, 0.2) is 77.9 Å². The number of fused-ring (bicyclic) bond motifs is 1. The predicted molar refractivity (Wildman–Crippen MR) is 120 cm³/mol. The fraction of sp³-hybridized carbons (Fsp3) is 0.200. The van der Waals surface area contributed by atoms with E-state index in [1.54, 1.807) is 30.1 Å². The molecular weight excluding hydrogens is 393 g/mol. The Morgan fingerprint density at radius 2 is 1.87 bits per heavy atom. The SMILES string of the molecule is COc1cccc(CCNCc2cc3ccc(F)cc3n(Cc3ccncc3)c2=O)c1. The number of aromatic nitrogens is 2. The molecule has 5 nitrogen and oxygen atoms in total.